The van der Waals surface area contributed by atoms with Crippen LogP contribution in [0.1, 0.15) is 23.8 Å². The van der Waals surface area contributed by atoms with Gasteiger partial charge in [-0.15, -0.1) is 0 Å². The summed E-state index contributed by atoms with van der Waals surface area (Å²) in [6.07, 6.45) is 2.83. The highest BCUT2D eigenvalue weighted by Gasteiger charge is 2.24. The van der Waals surface area contributed by atoms with Crippen LogP contribution in [0.15, 0.2) is 72.9 Å². The number of morpholine rings is 1. The van der Waals surface area contributed by atoms with Gasteiger partial charge >= 0.3 is 0 Å². The second-order valence-electron chi connectivity index (χ2n) is 8.49. The molecule has 0 aliphatic carbocycles. The van der Waals surface area contributed by atoms with Crippen LogP contribution in [-0.4, -0.2) is 45.9 Å². The highest BCUT2D eigenvalue weighted by atomic mass is 19.1. The Balaban J connectivity index is 1.35. The van der Waals surface area contributed by atoms with Crippen LogP contribution in [0.2, 0.25) is 0 Å². The highest BCUT2D eigenvalue weighted by Crippen LogP contribution is 2.28. The van der Waals surface area contributed by atoms with Crippen molar-refractivity contribution in [2.45, 2.75) is 25.6 Å². The number of benzene rings is 2. The normalized spacial score (nSPS) is 17.0. The molecule has 2 aromatic heterocycles. The first kappa shape index (κ1) is 21.8. The van der Waals surface area contributed by atoms with Crippen LogP contribution in [0.3, 0.4) is 0 Å². The molecule has 5 nitrogen and oxygen atoms in total. The molecule has 1 aliphatic heterocycles. The third-order valence-electron chi connectivity index (χ3n) is 6.19. The molecule has 5 rings (SSSR count). The lowest BCUT2D eigenvalue weighted by atomic mass is 10.1. The molecule has 0 unspecified atom stereocenters. The van der Waals surface area contributed by atoms with Gasteiger partial charge in [0.05, 0.1) is 18.0 Å². The van der Waals surface area contributed by atoms with Gasteiger partial charge in [-0.3, -0.25) is 9.88 Å². The van der Waals surface area contributed by atoms with E-state index in [1.165, 1.54) is 28.6 Å². The van der Waals surface area contributed by atoms with E-state index in [1.54, 1.807) is 6.07 Å². The molecule has 0 saturated carbocycles. The molecule has 0 radical (unpaired) electrons. The van der Waals surface area contributed by atoms with Crippen molar-refractivity contribution in [2.75, 3.05) is 26.3 Å². The van der Waals surface area contributed by atoms with E-state index >= 15 is 0 Å². The van der Waals surface area contributed by atoms with Gasteiger partial charge in [0.15, 0.2) is 0 Å². The Morgan fingerprint density at radius 3 is 2.82 bits per heavy atom. The van der Waals surface area contributed by atoms with E-state index in [1.807, 2.05) is 24.3 Å². The number of aliphatic hydroxyl groups is 1. The number of fused-ring (bicyclic) bond motifs is 1. The monoisotopic (exact) mass is 445 g/mol. The lowest BCUT2D eigenvalue weighted by Gasteiger charge is -2.32. The minimum absolute atomic E-state index is 0.130. The van der Waals surface area contributed by atoms with Gasteiger partial charge in [0.1, 0.15) is 11.9 Å². The molecule has 170 valence electrons. The summed E-state index contributed by atoms with van der Waals surface area (Å²) in [5.41, 5.74) is 4.87. The summed E-state index contributed by atoms with van der Waals surface area (Å²) >= 11 is 0. The van der Waals surface area contributed by atoms with Crippen LogP contribution < -0.4 is 0 Å². The summed E-state index contributed by atoms with van der Waals surface area (Å²) in [6.45, 7) is 4.07. The van der Waals surface area contributed by atoms with Crippen LogP contribution in [0.25, 0.3) is 22.2 Å². The zero-order chi connectivity index (χ0) is 22.6. The van der Waals surface area contributed by atoms with Gasteiger partial charge in [0.2, 0.25) is 0 Å². The fourth-order valence-corrected chi connectivity index (χ4v) is 4.58. The Labute approximate surface area is 193 Å². The molecule has 1 atom stereocenters. The Morgan fingerprint density at radius 2 is 1.94 bits per heavy atom. The lowest BCUT2D eigenvalue weighted by Crippen LogP contribution is -2.38. The van der Waals surface area contributed by atoms with Gasteiger partial charge in [-0.1, -0.05) is 36.4 Å². The molecule has 0 bridgehead atoms. The van der Waals surface area contributed by atoms with E-state index in [4.69, 9.17) is 9.72 Å². The molecular formula is C27H28FN3O2. The Kier molecular flexibility index (Phi) is 6.48. The maximum absolute atomic E-state index is 13.7. The number of hydrogen-bond acceptors (Lipinski definition) is 4. The number of hydrogen-bond donors (Lipinski definition) is 1. The van der Waals surface area contributed by atoms with Crippen LogP contribution in [-0.2, 0) is 17.8 Å². The molecule has 4 aromatic rings. The second-order valence-corrected chi connectivity index (χ2v) is 8.49. The molecule has 1 saturated heterocycles. The quantitative estimate of drug-likeness (QED) is 0.444. The van der Waals surface area contributed by atoms with E-state index < -0.39 is 0 Å². The number of aromatic nitrogens is 2. The van der Waals surface area contributed by atoms with Gasteiger partial charge in [0, 0.05) is 55.4 Å². The number of pyridine rings is 1. The number of rotatable bonds is 7. The van der Waals surface area contributed by atoms with Crippen LogP contribution >= 0.6 is 0 Å². The van der Waals surface area contributed by atoms with Crippen molar-refractivity contribution in [1.82, 2.24) is 14.5 Å². The Morgan fingerprint density at radius 1 is 1.06 bits per heavy atom. The van der Waals surface area contributed by atoms with Gasteiger partial charge in [-0.05, 0) is 42.3 Å². The fourth-order valence-electron chi connectivity index (χ4n) is 4.58. The van der Waals surface area contributed by atoms with E-state index in [9.17, 15) is 9.50 Å². The number of ether oxygens (including phenoxy) is 1. The van der Waals surface area contributed by atoms with Crippen LogP contribution in [0, 0.1) is 5.82 Å². The summed E-state index contributed by atoms with van der Waals surface area (Å²) in [5.74, 6) is -0.266. The fraction of sp³-hybridized carbons (Fsp3) is 0.296. The molecule has 3 heterocycles. The average Bonchev–Trinajstić information content (AvgIpc) is 3.20. The second kappa shape index (κ2) is 9.83. The molecule has 33 heavy (non-hydrogen) atoms. The maximum atomic E-state index is 13.7. The van der Waals surface area contributed by atoms with E-state index in [0.29, 0.717) is 6.61 Å². The molecule has 1 aliphatic rings. The van der Waals surface area contributed by atoms with E-state index in [-0.39, 0.29) is 18.5 Å². The first-order valence-corrected chi connectivity index (χ1v) is 11.5. The zero-order valence-electron chi connectivity index (χ0n) is 18.5. The minimum Gasteiger partial charge on any atom is -0.396 e. The van der Waals surface area contributed by atoms with Crippen molar-refractivity contribution >= 4 is 10.9 Å². The first-order valence-electron chi connectivity index (χ1n) is 11.5. The number of para-hydroxylation sites is 1. The predicted molar refractivity (Wildman–Crippen MR) is 127 cm³/mol. The summed E-state index contributed by atoms with van der Waals surface area (Å²) in [7, 11) is 0. The standard InChI is InChI=1S/C27H28FN3O2/c28-22-7-3-6-20(16-22)24-9-4-10-25(29-24)27-19-30(13-15-33-27)17-21-18-31(12-5-14-32)26-11-2-1-8-23(21)26/h1-4,6-11,16,18,27,32H,5,12-15,17,19H2/t27-/m1/s1. The van der Waals surface area contributed by atoms with Crippen LogP contribution in [0.5, 0.6) is 0 Å². The predicted octanol–water partition coefficient (Wildman–Crippen LogP) is 4.80. The van der Waals surface area contributed by atoms with Crippen molar-refractivity contribution in [1.29, 1.82) is 0 Å². The summed E-state index contributed by atoms with van der Waals surface area (Å²) < 4.78 is 22.0. The van der Waals surface area contributed by atoms with Crippen molar-refractivity contribution in [2.24, 2.45) is 0 Å². The topological polar surface area (TPSA) is 50.5 Å². The summed E-state index contributed by atoms with van der Waals surface area (Å²) in [6, 6.07) is 20.8. The molecule has 6 heteroatoms. The molecule has 1 fully saturated rings. The highest BCUT2D eigenvalue weighted by molar-refractivity contribution is 5.83. The van der Waals surface area contributed by atoms with Crippen molar-refractivity contribution in [3.63, 3.8) is 0 Å². The van der Waals surface area contributed by atoms with Crippen molar-refractivity contribution < 1.29 is 14.2 Å². The molecule has 0 amide bonds. The molecule has 2 aromatic carbocycles. The maximum Gasteiger partial charge on any atom is 0.123 e. The van der Waals surface area contributed by atoms with Gasteiger partial charge < -0.3 is 14.4 Å². The van der Waals surface area contributed by atoms with Gasteiger partial charge in [0.25, 0.3) is 0 Å². The van der Waals surface area contributed by atoms with Gasteiger partial charge in [-0.25, -0.2) is 4.39 Å². The number of nitrogens with zero attached hydrogens (tertiary/aromatic N) is 3. The Hall–Kier alpha value is -3.06. The number of halogens is 1. The minimum atomic E-state index is -0.266. The van der Waals surface area contributed by atoms with E-state index in [0.717, 1.165) is 49.6 Å². The number of aryl methyl sites for hydroxylation is 1. The van der Waals surface area contributed by atoms with Crippen molar-refractivity contribution in [3.05, 3.63) is 90.0 Å². The molecule has 1 N–H and O–H groups in total. The van der Waals surface area contributed by atoms with E-state index in [2.05, 4.69) is 39.9 Å². The lowest BCUT2D eigenvalue weighted by molar-refractivity contribution is -0.0348. The average molecular weight is 446 g/mol. The molecular weight excluding hydrogens is 417 g/mol. The smallest absolute Gasteiger partial charge is 0.123 e. The largest absolute Gasteiger partial charge is 0.396 e. The first-order chi connectivity index (χ1) is 16.2. The summed E-state index contributed by atoms with van der Waals surface area (Å²) in [5, 5.41) is 10.5. The third-order valence-corrected chi connectivity index (χ3v) is 6.19. The zero-order valence-corrected chi connectivity index (χ0v) is 18.5. The number of aliphatic hydroxyl groups excluding tert-OH is 1. The van der Waals surface area contributed by atoms with Crippen molar-refractivity contribution in [3.8, 4) is 11.3 Å². The van der Waals surface area contributed by atoms with Gasteiger partial charge in [-0.2, -0.15) is 0 Å². The SMILES string of the molecule is OCCCn1cc(CN2CCO[C@@H](c3cccc(-c4cccc(F)c4)n3)C2)c2ccccc21. The van der Waals surface area contributed by atoms with Crippen LogP contribution in [0.4, 0.5) is 4.39 Å². The molecule has 0 spiro atoms. The third kappa shape index (κ3) is 4.83. The Bertz CT molecular complexity index is 1240. The summed E-state index contributed by atoms with van der Waals surface area (Å²) in [4.78, 5) is 7.20.